The van der Waals surface area contributed by atoms with Crippen molar-refractivity contribution in [2.75, 3.05) is 0 Å². The molecule has 0 spiro atoms. The molecule has 0 bridgehead atoms. The Bertz CT molecular complexity index is 551. The molecule has 0 aliphatic carbocycles. The number of benzene rings is 1. The number of hydrogen-bond donors (Lipinski definition) is 0. The van der Waals surface area contributed by atoms with Crippen LogP contribution in [-0.4, -0.2) is 0 Å². The van der Waals surface area contributed by atoms with Crippen LogP contribution in [0.1, 0.15) is 95.2 Å². The average molecular weight is 315 g/mol. The molecule has 0 atom stereocenters. The van der Waals surface area contributed by atoms with E-state index in [-0.39, 0.29) is 0 Å². The van der Waals surface area contributed by atoms with E-state index in [2.05, 4.69) is 46.8 Å². The molecule has 0 saturated carbocycles. The molecule has 1 aliphatic rings. The Morgan fingerprint density at radius 2 is 1.70 bits per heavy atom. The van der Waals surface area contributed by atoms with E-state index in [0.717, 1.165) is 17.9 Å². The molecule has 128 valence electrons. The molecule has 1 nitrogen and oxygen atoms in total. The summed E-state index contributed by atoms with van der Waals surface area (Å²) in [6, 6.07) is 4.60. The summed E-state index contributed by atoms with van der Waals surface area (Å²) < 4.78 is 6.27. The number of rotatable bonds is 8. The number of hydrogen-bond acceptors (Lipinski definition) is 1. The van der Waals surface area contributed by atoms with Gasteiger partial charge in [-0.1, -0.05) is 70.6 Å². The fourth-order valence-corrected chi connectivity index (χ4v) is 3.53. The number of aryl methyl sites for hydroxylation is 1. The molecule has 0 saturated heterocycles. The molecule has 1 heterocycles. The van der Waals surface area contributed by atoms with Crippen LogP contribution in [0.5, 0.6) is 5.75 Å². The largest absolute Gasteiger partial charge is 0.461 e. The molecule has 0 aromatic heterocycles. The molecule has 1 aliphatic heterocycles. The van der Waals surface area contributed by atoms with Crippen molar-refractivity contribution in [1.29, 1.82) is 0 Å². The Morgan fingerprint density at radius 3 is 2.39 bits per heavy atom. The summed E-state index contributed by atoms with van der Waals surface area (Å²) in [4.78, 5) is 0. The summed E-state index contributed by atoms with van der Waals surface area (Å²) in [6.45, 7) is 11.1. The first-order chi connectivity index (χ1) is 11.0. The Hall–Kier alpha value is -1.24. The van der Waals surface area contributed by atoms with Crippen molar-refractivity contribution in [3.63, 3.8) is 0 Å². The average Bonchev–Trinajstić information content (AvgIpc) is 2.50. The number of unbranched alkanes of at least 4 members (excludes halogenated alkanes) is 5. The quantitative estimate of drug-likeness (QED) is 0.466. The van der Waals surface area contributed by atoms with Crippen LogP contribution in [-0.2, 0) is 6.42 Å². The highest BCUT2D eigenvalue weighted by atomic mass is 16.5. The number of allylic oxidation sites excluding steroid dienone is 2. The molecule has 23 heavy (non-hydrogen) atoms. The lowest BCUT2D eigenvalue weighted by Gasteiger charge is -2.26. The number of ether oxygens (including phenoxy) is 1. The van der Waals surface area contributed by atoms with Crippen molar-refractivity contribution >= 4 is 0 Å². The maximum Gasteiger partial charge on any atom is 0.133 e. The third kappa shape index (κ3) is 4.86. The second kappa shape index (κ2) is 8.57. The second-order valence-electron chi connectivity index (χ2n) is 7.45. The molecular weight excluding hydrogens is 280 g/mol. The molecule has 0 fully saturated rings. The summed E-state index contributed by atoms with van der Waals surface area (Å²) in [5.74, 6) is 2.79. The van der Waals surface area contributed by atoms with Gasteiger partial charge in [-0.05, 0) is 49.3 Å². The van der Waals surface area contributed by atoms with Crippen molar-refractivity contribution in [2.24, 2.45) is 0 Å². The summed E-state index contributed by atoms with van der Waals surface area (Å²) in [5.41, 5.74) is 5.61. The Morgan fingerprint density at radius 1 is 1.00 bits per heavy atom. The molecule has 0 unspecified atom stereocenters. The van der Waals surface area contributed by atoms with E-state index < -0.39 is 0 Å². The van der Waals surface area contributed by atoms with E-state index in [1.165, 1.54) is 67.2 Å². The van der Waals surface area contributed by atoms with Crippen LogP contribution in [0.2, 0.25) is 0 Å². The monoisotopic (exact) mass is 314 g/mol. The van der Waals surface area contributed by atoms with Crippen molar-refractivity contribution in [3.8, 4) is 5.75 Å². The number of fused-ring (bicyclic) bond motifs is 1. The Kier molecular flexibility index (Phi) is 6.74. The zero-order valence-corrected chi connectivity index (χ0v) is 15.8. The Labute approximate surface area is 143 Å². The van der Waals surface area contributed by atoms with Crippen LogP contribution in [0, 0.1) is 6.92 Å². The van der Waals surface area contributed by atoms with Crippen LogP contribution < -0.4 is 4.74 Å². The van der Waals surface area contributed by atoms with E-state index in [1.807, 2.05) is 0 Å². The van der Waals surface area contributed by atoms with Gasteiger partial charge < -0.3 is 4.74 Å². The van der Waals surface area contributed by atoms with Crippen LogP contribution in [0.3, 0.4) is 0 Å². The predicted molar refractivity (Wildman–Crippen MR) is 100 cm³/mol. The molecule has 2 rings (SSSR count). The standard InChI is InChI=1S/C22H34O/c1-6-7-8-9-10-11-12-19-15-20-13-17(4)14-21(16(2)3)22(20)23-18(19)5/h13-14,16H,6-12,15H2,1-5H3. The topological polar surface area (TPSA) is 9.23 Å². The van der Waals surface area contributed by atoms with Gasteiger partial charge in [-0.2, -0.15) is 0 Å². The van der Waals surface area contributed by atoms with Gasteiger partial charge in [0.15, 0.2) is 0 Å². The third-order valence-electron chi connectivity index (χ3n) is 4.95. The van der Waals surface area contributed by atoms with Gasteiger partial charge in [-0.25, -0.2) is 0 Å². The summed E-state index contributed by atoms with van der Waals surface area (Å²) in [5, 5.41) is 0. The lowest BCUT2D eigenvalue weighted by molar-refractivity contribution is 0.391. The molecule has 0 amide bonds. The van der Waals surface area contributed by atoms with Gasteiger partial charge in [0, 0.05) is 6.42 Å². The maximum absolute atomic E-state index is 6.27. The fourth-order valence-electron chi connectivity index (χ4n) is 3.53. The molecule has 0 radical (unpaired) electrons. The van der Waals surface area contributed by atoms with E-state index in [1.54, 1.807) is 0 Å². The third-order valence-corrected chi connectivity index (χ3v) is 4.95. The highest BCUT2D eigenvalue weighted by Gasteiger charge is 2.21. The summed E-state index contributed by atoms with van der Waals surface area (Å²) in [6.07, 6.45) is 10.4. The molecular formula is C22H34O. The molecule has 1 aromatic rings. The summed E-state index contributed by atoms with van der Waals surface area (Å²) >= 11 is 0. The van der Waals surface area contributed by atoms with Crippen molar-refractivity contribution in [1.82, 2.24) is 0 Å². The minimum atomic E-state index is 0.511. The van der Waals surface area contributed by atoms with Crippen LogP contribution >= 0.6 is 0 Å². The Balaban J connectivity index is 1.99. The highest BCUT2D eigenvalue weighted by Crippen LogP contribution is 2.38. The highest BCUT2D eigenvalue weighted by molar-refractivity contribution is 5.50. The molecule has 1 heteroatoms. The van der Waals surface area contributed by atoms with Crippen LogP contribution in [0.25, 0.3) is 0 Å². The van der Waals surface area contributed by atoms with Gasteiger partial charge in [-0.3, -0.25) is 0 Å². The van der Waals surface area contributed by atoms with Crippen LogP contribution in [0.4, 0.5) is 0 Å². The first-order valence-electron chi connectivity index (χ1n) is 9.52. The van der Waals surface area contributed by atoms with E-state index in [9.17, 15) is 0 Å². The van der Waals surface area contributed by atoms with E-state index in [0.29, 0.717) is 5.92 Å². The zero-order valence-electron chi connectivity index (χ0n) is 15.8. The predicted octanol–water partition coefficient (Wildman–Crippen LogP) is 7.08. The SMILES string of the molecule is CCCCCCCCC1=C(C)Oc2c(cc(C)cc2C(C)C)C1. The summed E-state index contributed by atoms with van der Waals surface area (Å²) in [7, 11) is 0. The smallest absolute Gasteiger partial charge is 0.133 e. The van der Waals surface area contributed by atoms with E-state index >= 15 is 0 Å². The van der Waals surface area contributed by atoms with Gasteiger partial charge in [0.2, 0.25) is 0 Å². The minimum absolute atomic E-state index is 0.511. The fraction of sp³-hybridized carbons (Fsp3) is 0.636. The second-order valence-corrected chi connectivity index (χ2v) is 7.45. The van der Waals surface area contributed by atoms with E-state index in [4.69, 9.17) is 4.74 Å². The van der Waals surface area contributed by atoms with Crippen LogP contribution in [0.15, 0.2) is 23.5 Å². The molecule has 1 aromatic carbocycles. The van der Waals surface area contributed by atoms with Crippen molar-refractivity contribution < 1.29 is 4.74 Å². The minimum Gasteiger partial charge on any atom is -0.461 e. The molecule has 0 N–H and O–H groups in total. The van der Waals surface area contributed by atoms with Gasteiger partial charge in [0.1, 0.15) is 11.5 Å². The van der Waals surface area contributed by atoms with Gasteiger partial charge in [-0.15, -0.1) is 0 Å². The van der Waals surface area contributed by atoms with Gasteiger partial charge in [0.25, 0.3) is 0 Å². The zero-order chi connectivity index (χ0) is 16.8. The normalized spacial score (nSPS) is 14.2. The van der Waals surface area contributed by atoms with Crippen molar-refractivity contribution in [2.45, 2.75) is 91.9 Å². The van der Waals surface area contributed by atoms with Gasteiger partial charge in [0.05, 0.1) is 0 Å². The first-order valence-corrected chi connectivity index (χ1v) is 9.52. The van der Waals surface area contributed by atoms with Crippen molar-refractivity contribution in [3.05, 3.63) is 40.2 Å². The van der Waals surface area contributed by atoms with Gasteiger partial charge >= 0.3 is 0 Å². The first kappa shape index (κ1) is 18.1. The lowest BCUT2D eigenvalue weighted by Crippen LogP contribution is -2.11. The lowest BCUT2D eigenvalue weighted by atomic mass is 9.90. The maximum atomic E-state index is 6.27.